The largest absolute Gasteiger partial charge is 0.490 e. The van der Waals surface area contributed by atoms with Crippen LogP contribution in [0.2, 0.25) is 5.02 Å². The molecular weight excluding hydrogens is 294 g/mol. The maximum absolute atomic E-state index is 11.9. The molecule has 0 saturated heterocycles. The van der Waals surface area contributed by atoms with Gasteiger partial charge in [-0.15, -0.1) is 0 Å². The van der Waals surface area contributed by atoms with Crippen molar-refractivity contribution in [1.82, 2.24) is 5.48 Å². The van der Waals surface area contributed by atoms with Crippen LogP contribution < -0.4 is 15.0 Å². The second-order valence-electron chi connectivity index (χ2n) is 4.28. The molecule has 0 spiro atoms. The van der Waals surface area contributed by atoms with E-state index in [9.17, 15) is 4.79 Å². The third-order valence-electron chi connectivity index (χ3n) is 2.63. The van der Waals surface area contributed by atoms with Gasteiger partial charge in [0.15, 0.2) is 11.5 Å². The van der Waals surface area contributed by atoms with Gasteiger partial charge in [0.25, 0.3) is 5.91 Å². The average Bonchev–Trinajstić information content (AvgIpc) is 2.47. The van der Waals surface area contributed by atoms with Gasteiger partial charge >= 0.3 is 0 Å². The molecule has 0 aromatic heterocycles. The lowest BCUT2D eigenvalue weighted by Crippen LogP contribution is -2.23. The van der Waals surface area contributed by atoms with Gasteiger partial charge in [0.1, 0.15) is 0 Å². The first-order valence-corrected chi connectivity index (χ1v) is 7.53. The van der Waals surface area contributed by atoms with Crippen molar-refractivity contribution in [1.29, 1.82) is 0 Å². The number of rotatable bonds is 9. The van der Waals surface area contributed by atoms with E-state index in [2.05, 4.69) is 12.4 Å². The Bertz CT molecular complexity index is 465. The molecule has 0 aliphatic heterocycles. The summed E-state index contributed by atoms with van der Waals surface area (Å²) in [5, 5.41) is 0.346. The van der Waals surface area contributed by atoms with Gasteiger partial charge in [0.05, 0.1) is 24.8 Å². The molecule has 1 rings (SSSR count). The summed E-state index contributed by atoms with van der Waals surface area (Å²) in [5.74, 6) is 0.558. The highest BCUT2D eigenvalue weighted by atomic mass is 35.5. The number of carbonyl (C=O) groups excluding carboxylic acids is 1. The van der Waals surface area contributed by atoms with Crippen LogP contribution in [-0.4, -0.2) is 25.7 Å². The number of hydroxylamine groups is 1. The Morgan fingerprint density at radius 3 is 2.57 bits per heavy atom. The van der Waals surface area contributed by atoms with Crippen LogP contribution in [0.5, 0.6) is 11.5 Å². The summed E-state index contributed by atoms with van der Waals surface area (Å²) >= 11 is 6.20. The number of halogens is 1. The summed E-state index contributed by atoms with van der Waals surface area (Å²) in [7, 11) is 0. The SMILES string of the molecule is CCCCOc1c(Cl)cc(C(=O)NOCC)cc1OCC. The number of amides is 1. The van der Waals surface area contributed by atoms with Gasteiger partial charge in [-0.1, -0.05) is 24.9 Å². The number of unbranched alkanes of at least 4 members (excludes halogenated alkanes) is 1. The molecule has 6 heteroatoms. The van der Waals surface area contributed by atoms with E-state index in [-0.39, 0.29) is 5.91 Å². The molecule has 0 atom stereocenters. The molecule has 118 valence electrons. The van der Waals surface area contributed by atoms with Gasteiger partial charge in [-0.25, -0.2) is 5.48 Å². The van der Waals surface area contributed by atoms with Gasteiger partial charge < -0.3 is 9.47 Å². The van der Waals surface area contributed by atoms with Crippen molar-refractivity contribution in [2.24, 2.45) is 0 Å². The van der Waals surface area contributed by atoms with Crippen LogP contribution in [0, 0.1) is 0 Å². The highest BCUT2D eigenvalue weighted by Crippen LogP contribution is 2.36. The first-order valence-electron chi connectivity index (χ1n) is 7.15. The van der Waals surface area contributed by atoms with E-state index in [1.54, 1.807) is 19.1 Å². The Labute approximate surface area is 130 Å². The van der Waals surface area contributed by atoms with Crippen molar-refractivity contribution in [2.45, 2.75) is 33.6 Å². The second kappa shape index (κ2) is 9.47. The molecule has 1 aromatic carbocycles. The van der Waals surface area contributed by atoms with Crippen molar-refractivity contribution in [3.8, 4) is 11.5 Å². The van der Waals surface area contributed by atoms with E-state index in [4.69, 9.17) is 25.9 Å². The summed E-state index contributed by atoms with van der Waals surface area (Å²) in [6.07, 6.45) is 1.95. The quantitative estimate of drug-likeness (QED) is 0.559. The van der Waals surface area contributed by atoms with Crippen molar-refractivity contribution < 1.29 is 19.1 Å². The van der Waals surface area contributed by atoms with Gasteiger partial charge in [-0.3, -0.25) is 9.63 Å². The Balaban J connectivity index is 2.96. The van der Waals surface area contributed by atoms with E-state index >= 15 is 0 Å². The van der Waals surface area contributed by atoms with Gasteiger partial charge in [-0.2, -0.15) is 0 Å². The smallest absolute Gasteiger partial charge is 0.275 e. The minimum atomic E-state index is -0.375. The Morgan fingerprint density at radius 1 is 1.19 bits per heavy atom. The zero-order valence-corrected chi connectivity index (χ0v) is 13.5. The van der Waals surface area contributed by atoms with Crippen LogP contribution >= 0.6 is 11.6 Å². The zero-order chi connectivity index (χ0) is 15.7. The maximum atomic E-state index is 11.9. The Kier molecular flexibility index (Phi) is 7.93. The molecule has 21 heavy (non-hydrogen) atoms. The lowest BCUT2D eigenvalue weighted by Gasteiger charge is -2.15. The van der Waals surface area contributed by atoms with Crippen molar-refractivity contribution in [3.05, 3.63) is 22.7 Å². The van der Waals surface area contributed by atoms with Crippen molar-refractivity contribution in [3.63, 3.8) is 0 Å². The fourth-order valence-corrected chi connectivity index (χ4v) is 1.88. The molecule has 5 nitrogen and oxygen atoms in total. The molecule has 1 amide bonds. The second-order valence-corrected chi connectivity index (χ2v) is 4.69. The molecule has 0 saturated carbocycles. The summed E-state index contributed by atoms with van der Waals surface area (Å²) in [6, 6.07) is 3.14. The summed E-state index contributed by atoms with van der Waals surface area (Å²) in [6.45, 7) is 7.11. The van der Waals surface area contributed by atoms with Crippen LogP contribution in [0.4, 0.5) is 0 Å². The molecule has 0 fully saturated rings. The monoisotopic (exact) mass is 315 g/mol. The molecule has 0 aliphatic rings. The number of benzene rings is 1. The maximum Gasteiger partial charge on any atom is 0.275 e. The predicted octanol–water partition coefficient (Wildman–Crippen LogP) is 3.60. The highest BCUT2D eigenvalue weighted by Gasteiger charge is 2.16. The zero-order valence-electron chi connectivity index (χ0n) is 12.7. The fraction of sp³-hybridized carbons (Fsp3) is 0.533. The third kappa shape index (κ3) is 5.44. The lowest BCUT2D eigenvalue weighted by molar-refractivity contribution is 0.0364. The van der Waals surface area contributed by atoms with E-state index in [1.165, 1.54) is 0 Å². The molecule has 1 aromatic rings. The van der Waals surface area contributed by atoms with Gasteiger partial charge in [-0.05, 0) is 32.4 Å². The number of nitrogens with one attached hydrogen (secondary N) is 1. The van der Waals surface area contributed by atoms with Crippen LogP contribution in [0.1, 0.15) is 44.0 Å². The Hall–Kier alpha value is -1.46. The molecule has 0 aliphatic carbocycles. The minimum Gasteiger partial charge on any atom is -0.490 e. The minimum absolute atomic E-state index is 0.346. The average molecular weight is 316 g/mol. The number of ether oxygens (including phenoxy) is 2. The normalized spacial score (nSPS) is 10.3. The first kappa shape index (κ1) is 17.6. The standard InChI is InChI=1S/C15H22ClNO4/c1-4-7-8-20-14-12(16)9-11(10-13(14)19-5-2)15(18)17-21-6-3/h9-10H,4-8H2,1-3H3,(H,17,18). The molecular formula is C15H22ClNO4. The molecule has 0 radical (unpaired) electrons. The number of hydrogen-bond donors (Lipinski definition) is 1. The van der Waals surface area contributed by atoms with Crippen molar-refractivity contribution >= 4 is 17.5 Å². The Morgan fingerprint density at radius 2 is 1.95 bits per heavy atom. The first-order chi connectivity index (χ1) is 10.1. The van der Waals surface area contributed by atoms with Gasteiger partial charge in [0.2, 0.25) is 0 Å². The molecule has 0 bridgehead atoms. The van der Waals surface area contributed by atoms with Crippen LogP contribution in [0.3, 0.4) is 0 Å². The van der Waals surface area contributed by atoms with Crippen LogP contribution in [-0.2, 0) is 4.84 Å². The topological polar surface area (TPSA) is 56.8 Å². The van der Waals surface area contributed by atoms with E-state index in [0.29, 0.717) is 41.9 Å². The summed E-state index contributed by atoms with van der Waals surface area (Å²) in [5.41, 5.74) is 2.68. The van der Waals surface area contributed by atoms with Crippen LogP contribution in [0.25, 0.3) is 0 Å². The molecule has 0 heterocycles. The van der Waals surface area contributed by atoms with E-state index in [1.807, 2.05) is 6.92 Å². The summed E-state index contributed by atoms with van der Waals surface area (Å²) < 4.78 is 11.2. The number of carbonyl (C=O) groups is 1. The van der Waals surface area contributed by atoms with E-state index < -0.39 is 0 Å². The lowest BCUT2D eigenvalue weighted by atomic mass is 10.2. The fourth-order valence-electron chi connectivity index (χ4n) is 1.62. The van der Waals surface area contributed by atoms with E-state index in [0.717, 1.165) is 12.8 Å². The third-order valence-corrected chi connectivity index (χ3v) is 2.91. The van der Waals surface area contributed by atoms with Crippen molar-refractivity contribution in [2.75, 3.05) is 19.8 Å². The molecule has 0 unspecified atom stereocenters. The predicted molar refractivity (Wildman–Crippen MR) is 82.1 cm³/mol. The number of hydrogen-bond acceptors (Lipinski definition) is 4. The highest BCUT2D eigenvalue weighted by molar-refractivity contribution is 6.32. The van der Waals surface area contributed by atoms with Crippen LogP contribution in [0.15, 0.2) is 12.1 Å². The van der Waals surface area contributed by atoms with Gasteiger partial charge in [0, 0.05) is 5.56 Å². The summed E-state index contributed by atoms with van der Waals surface area (Å²) in [4.78, 5) is 16.8. The molecule has 1 N–H and O–H groups in total.